The van der Waals surface area contributed by atoms with E-state index in [1.54, 1.807) is 6.08 Å². The summed E-state index contributed by atoms with van der Waals surface area (Å²) < 4.78 is 4.92. The second kappa shape index (κ2) is 5.75. The highest BCUT2D eigenvalue weighted by Crippen LogP contribution is 2.15. The molecule has 0 fully saturated rings. The van der Waals surface area contributed by atoms with Crippen molar-refractivity contribution in [2.75, 3.05) is 7.11 Å². The van der Waals surface area contributed by atoms with Crippen molar-refractivity contribution in [3.63, 3.8) is 0 Å². The Balaban J connectivity index is 2.96. The minimum atomic E-state index is -1.27. The summed E-state index contributed by atoms with van der Waals surface area (Å²) in [6.45, 7) is 1.89. The average molecular weight is 217 g/mol. The van der Waals surface area contributed by atoms with Gasteiger partial charge in [0, 0.05) is 6.08 Å². The summed E-state index contributed by atoms with van der Waals surface area (Å²) in [4.78, 5) is 10.4. The molecule has 0 unspecified atom stereocenters. The fourth-order valence-corrected chi connectivity index (χ4v) is 1.27. The molecule has 0 bridgehead atoms. The lowest BCUT2D eigenvalue weighted by Crippen LogP contribution is -2.19. The quantitative estimate of drug-likeness (QED) is 0.435. The number of allylic oxidation sites excluding steroid dienone is 2. The second-order valence-electron chi connectivity index (χ2n) is 3.26. The van der Waals surface area contributed by atoms with Gasteiger partial charge in [-0.3, -0.25) is 0 Å². The van der Waals surface area contributed by atoms with Gasteiger partial charge in [-0.1, -0.05) is 30.3 Å². The number of carbonyl (C=O) groups excluding carboxylic acids is 1. The molecule has 0 N–H and O–H groups in total. The molecular weight excluding hydrogens is 204 g/mol. The number of carbonyl (C=O) groups is 1. The number of hydrogen-bond acceptors (Lipinski definition) is 3. The van der Waals surface area contributed by atoms with E-state index < -0.39 is 5.97 Å². The van der Waals surface area contributed by atoms with Gasteiger partial charge in [-0.05, 0) is 24.1 Å². The molecule has 1 aromatic rings. The van der Waals surface area contributed by atoms with Crippen molar-refractivity contribution in [1.82, 2.24) is 0 Å². The van der Waals surface area contributed by atoms with Gasteiger partial charge >= 0.3 is 0 Å². The molecule has 3 heteroatoms. The molecule has 0 saturated carbocycles. The summed E-state index contributed by atoms with van der Waals surface area (Å²) >= 11 is 0. The smallest absolute Gasteiger partial charge is 0.120 e. The molecule has 1 rings (SSSR count). The van der Waals surface area contributed by atoms with Crippen LogP contribution in [0.15, 0.2) is 48.2 Å². The molecule has 84 valence electrons. The maximum atomic E-state index is 10.4. The van der Waals surface area contributed by atoms with Crippen molar-refractivity contribution in [2.24, 2.45) is 0 Å². The molecule has 0 aliphatic rings. The highest BCUT2D eigenvalue weighted by atomic mass is 16.5. The van der Waals surface area contributed by atoms with Crippen LogP contribution in [-0.2, 0) is 9.53 Å². The largest absolute Gasteiger partial charge is 0.545 e. The van der Waals surface area contributed by atoms with Crippen molar-refractivity contribution < 1.29 is 14.6 Å². The molecule has 0 amide bonds. The van der Waals surface area contributed by atoms with Crippen LogP contribution < -0.4 is 5.11 Å². The SMILES string of the molecule is COC(=C/C(=O)[O-])/C=C(\C)c1ccccc1. The maximum absolute atomic E-state index is 10.4. The van der Waals surface area contributed by atoms with E-state index in [9.17, 15) is 9.90 Å². The predicted octanol–water partition coefficient (Wildman–Crippen LogP) is 1.37. The lowest BCUT2D eigenvalue weighted by atomic mass is 10.1. The first kappa shape index (κ1) is 12.0. The normalized spacial score (nSPS) is 12.4. The lowest BCUT2D eigenvalue weighted by Gasteiger charge is -2.05. The van der Waals surface area contributed by atoms with Gasteiger partial charge in [0.2, 0.25) is 0 Å². The zero-order valence-electron chi connectivity index (χ0n) is 9.27. The van der Waals surface area contributed by atoms with Crippen LogP contribution in [0.5, 0.6) is 0 Å². The van der Waals surface area contributed by atoms with Gasteiger partial charge in [0.15, 0.2) is 0 Å². The molecule has 0 aliphatic carbocycles. The van der Waals surface area contributed by atoms with Gasteiger partial charge in [-0.15, -0.1) is 0 Å². The van der Waals surface area contributed by atoms with Crippen LogP contribution in [0.4, 0.5) is 0 Å². The van der Waals surface area contributed by atoms with Gasteiger partial charge in [0.1, 0.15) is 5.76 Å². The van der Waals surface area contributed by atoms with E-state index in [1.807, 2.05) is 37.3 Å². The van der Waals surface area contributed by atoms with Crippen LogP contribution in [0.1, 0.15) is 12.5 Å². The molecule has 1 aromatic carbocycles. The molecule has 16 heavy (non-hydrogen) atoms. The summed E-state index contributed by atoms with van der Waals surface area (Å²) in [5.41, 5.74) is 1.94. The molecule has 0 saturated heterocycles. The standard InChI is InChI=1S/C13H14O3/c1-10(11-6-4-3-5-7-11)8-12(16-2)9-13(14)15/h3-9H,1-2H3,(H,14,15)/p-1/b10-8+,12-9+. The van der Waals surface area contributed by atoms with Gasteiger partial charge in [-0.25, -0.2) is 0 Å². The van der Waals surface area contributed by atoms with Crippen LogP contribution in [-0.4, -0.2) is 13.1 Å². The summed E-state index contributed by atoms with van der Waals surface area (Å²) in [7, 11) is 1.42. The molecule has 0 aliphatic heterocycles. The number of methoxy groups -OCH3 is 1. The fourth-order valence-electron chi connectivity index (χ4n) is 1.27. The summed E-state index contributed by atoms with van der Waals surface area (Å²) in [6.07, 6.45) is 2.58. The number of carboxylic acids is 1. The Kier molecular flexibility index (Phi) is 4.33. The topological polar surface area (TPSA) is 49.4 Å². The number of carboxylic acid groups (broad SMARTS) is 1. The Morgan fingerprint density at radius 3 is 2.38 bits per heavy atom. The van der Waals surface area contributed by atoms with E-state index in [4.69, 9.17) is 4.74 Å². The lowest BCUT2D eigenvalue weighted by molar-refractivity contribution is -0.297. The molecular formula is C13H13O3-. The van der Waals surface area contributed by atoms with Crippen molar-refractivity contribution in [3.8, 4) is 0 Å². The predicted molar refractivity (Wildman–Crippen MR) is 60.2 cm³/mol. The van der Waals surface area contributed by atoms with Crippen molar-refractivity contribution >= 4 is 11.5 Å². The number of ether oxygens (including phenoxy) is 1. The van der Waals surface area contributed by atoms with Gasteiger partial charge in [-0.2, -0.15) is 0 Å². The first-order valence-electron chi connectivity index (χ1n) is 4.84. The maximum Gasteiger partial charge on any atom is 0.120 e. The van der Waals surface area contributed by atoms with E-state index in [2.05, 4.69) is 0 Å². The van der Waals surface area contributed by atoms with E-state index in [1.165, 1.54) is 7.11 Å². The number of benzene rings is 1. The molecule has 0 radical (unpaired) electrons. The van der Waals surface area contributed by atoms with E-state index in [-0.39, 0.29) is 5.76 Å². The number of aliphatic carboxylic acids is 1. The first-order valence-corrected chi connectivity index (χ1v) is 4.84. The van der Waals surface area contributed by atoms with E-state index in [0.29, 0.717) is 0 Å². The minimum Gasteiger partial charge on any atom is -0.545 e. The van der Waals surface area contributed by atoms with Crippen molar-refractivity contribution in [3.05, 3.63) is 53.8 Å². The van der Waals surface area contributed by atoms with Crippen molar-refractivity contribution in [1.29, 1.82) is 0 Å². The minimum absolute atomic E-state index is 0.265. The van der Waals surface area contributed by atoms with Crippen LogP contribution in [0.2, 0.25) is 0 Å². The molecule has 0 heterocycles. The van der Waals surface area contributed by atoms with Gasteiger partial charge in [0.05, 0.1) is 13.1 Å². The highest BCUT2D eigenvalue weighted by molar-refractivity contribution is 5.79. The Labute approximate surface area is 94.7 Å². The number of rotatable bonds is 4. The summed E-state index contributed by atoms with van der Waals surface area (Å²) in [5, 5.41) is 10.4. The highest BCUT2D eigenvalue weighted by Gasteiger charge is 1.97. The number of hydrogen-bond donors (Lipinski definition) is 0. The average Bonchev–Trinajstić information content (AvgIpc) is 2.28. The third-order valence-corrected chi connectivity index (χ3v) is 2.08. The van der Waals surface area contributed by atoms with E-state index >= 15 is 0 Å². The van der Waals surface area contributed by atoms with Crippen LogP contribution in [0.25, 0.3) is 5.57 Å². The summed E-state index contributed by atoms with van der Waals surface area (Å²) in [6, 6.07) is 9.64. The van der Waals surface area contributed by atoms with Gasteiger partial charge in [0.25, 0.3) is 0 Å². The third-order valence-electron chi connectivity index (χ3n) is 2.08. The van der Waals surface area contributed by atoms with Crippen LogP contribution in [0, 0.1) is 0 Å². The van der Waals surface area contributed by atoms with Gasteiger partial charge < -0.3 is 14.6 Å². The van der Waals surface area contributed by atoms with Crippen molar-refractivity contribution in [2.45, 2.75) is 6.92 Å². The van der Waals surface area contributed by atoms with Crippen LogP contribution >= 0.6 is 0 Å². The molecule has 0 atom stereocenters. The Morgan fingerprint density at radius 2 is 1.88 bits per heavy atom. The van der Waals surface area contributed by atoms with E-state index in [0.717, 1.165) is 17.2 Å². The third kappa shape index (κ3) is 3.61. The molecule has 0 spiro atoms. The summed E-state index contributed by atoms with van der Waals surface area (Å²) in [5.74, 6) is -1.00. The monoisotopic (exact) mass is 217 g/mol. The Bertz CT molecular complexity index is 416. The molecule has 0 aromatic heterocycles. The fraction of sp³-hybridized carbons (Fsp3) is 0.154. The second-order valence-corrected chi connectivity index (χ2v) is 3.26. The zero-order chi connectivity index (χ0) is 12.0. The Morgan fingerprint density at radius 1 is 1.25 bits per heavy atom. The van der Waals surface area contributed by atoms with Crippen LogP contribution in [0.3, 0.4) is 0 Å². The zero-order valence-corrected chi connectivity index (χ0v) is 9.27. The first-order chi connectivity index (χ1) is 7.63. The molecule has 3 nitrogen and oxygen atoms in total. The Hall–Kier alpha value is -2.03.